The summed E-state index contributed by atoms with van der Waals surface area (Å²) in [5, 5.41) is 9.40. The second-order valence-corrected chi connectivity index (χ2v) is 8.36. The third-order valence-corrected chi connectivity index (χ3v) is 4.84. The zero-order chi connectivity index (χ0) is 20.4. The number of ether oxygens (including phenoxy) is 1. The molecule has 0 bridgehead atoms. The SMILES string of the molecule is CCCCCCCCCCCCCCCC(=O)OC[C@@H](O)COP(=O)(O)O. The van der Waals surface area contributed by atoms with Gasteiger partial charge in [-0.2, -0.15) is 0 Å². The monoisotopic (exact) mass is 410 g/mol. The Bertz CT molecular complexity index is 398. The summed E-state index contributed by atoms with van der Waals surface area (Å²) in [7, 11) is -4.61. The Morgan fingerprint density at radius 2 is 1.26 bits per heavy atom. The fraction of sp³-hybridized carbons (Fsp3) is 0.947. The number of phosphoric acid groups is 1. The van der Waals surface area contributed by atoms with Gasteiger partial charge in [-0.15, -0.1) is 0 Å². The van der Waals surface area contributed by atoms with E-state index in [0.717, 1.165) is 19.3 Å². The van der Waals surface area contributed by atoms with Crippen LogP contribution in [0.4, 0.5) is 0 Å². The maximum atomic E-state index is 11.5. The van der Waals surface area contributed by atoms with E-state index in [1.165, 1.54) is 64.2 Å². The van der Waals surface area contributed by atoms with Gasteiger partial charge < -0.3 is 19.6 Å². The van der Waals surface area contributed by atoms with E-state index < -0.39 is 26.5 Å². The summed E-state index contributed by atoms with van der Waals surface area (Å²) in [6, 6.07) is 0. The van der Waals surface area contributed by atoms with E-state index in [0.29, 0.717) is 6.42 Å². The van der Waals surface area contributed by atoms with Gasteiger partial charge in [-0.1, -0.05) is 84.0 Å². The van der Waals surface area contributed by atoms with E-state index in [1.54, 1.807) is 0 Å². The molecule has 0 rings (SSSR count). The minimum absolute atomic E-state index is 0.295. The molecule has 0 radical (unpaired) electrons. The second kappa shape index (κ2) is 17.6. The van der Waals surface area contributed by atoms with Crippen LogP contribution in [-0.2, 0) is 18.6 Å². The van der Waals surface area contributed by atoms with Crippen LogP contribution in [-0.4, -0.2) is 40.2 Å². The molecule has 1 atom stereocenters. The standard InChI is InChI=1S/C19H39O7P/c1-2-3-4-5-6-7-8-9-10-11-12-13-14-15-19(21)25-16-18(20)17-26-27(22,23)24/h18,20H,2-17H2,1H3,(H2,22,23,24)/t18-/m1/s1. The number of rotatable bonds is 19. The molecule has 0 amide bonds. The zero-order valence-electron chi connectivity index (χ0n) is 16.8. The lowest BCUT2D eigenvalue weighted by Crippen LogP contribution is -2.23. The van der Waals surface area contributed by atoms with Crippen LogP contribution in [0.15, 0.2) is 0 Å². The Morgan fingerprint density at radius 1 is 0.815 bits per heavy atom. The molecule has 0 aliphatic rings. The minimum Gasteiger partial charge on any atom is -0.463 e. The lowest BCUT2D eigenvalue weighted by Gasteiger charge is -2.12. The normalized spacial score (nSPS) is 12.9. The van der Waals surface area contributed by atoms with Crippen molar-refractivity contribution >= 4 is 13.8 Å². The first-order valence-electron chi connectivity index (χ1n) is 10.4. The summed E-state index contributed by atoms with van der Waals surface area (Å²) in [5.74, 6) is -0.409. The number of phosphoric ester groups is 1. The molecule has 0 unspecified atom stereocenters. The van der Waals surface area contributed by atoms with Crippen molar-refractivity contribution in [3.8, 4) is 0 Å². The molecule has 0 aromatic heterocycles. The number of carbonyl (C=O) groups is 1. The molecular formula is C19H39O7P. The van der Waals surface area contributed by atoms with Crippen molar-refractivity contribution in [2.45, 2.75) is 103 Å². The van der Waals surface area contributed by atoms with E-state index in [2.05, 4.69) is 11.4 Å². The largest absolute Gasteiger partial charge is 0.469 e. The van der Waals surface area contributed by atoms with Crippen molar-refractivity contribution in [1.82, 2.24) is 0 Å². The van der Waals surface area contributed by atoms with Gasteiger partial charge in [0.05, 0.1) is 6.61 Å². The lowest BCUT2D eigenvalue weighted by molar-refractivity contribution is -0.147. The Kier molecular flexibility index (Phi) is 17.3. The van der Waals surface area contributed by atoms with Crippen LogP contribution in [0, 0.1) is 0 Å². The summed E-state index contributed by atoms with van der Waals surface area (Å²) < 4.78 is 19.5. The topological polar surface area (TPSA) is 113 Å². The third-order valence-electron chi connectivity index (χ3n) is 4.36. The molecule has 0 aromatic rings. The molecule has 0 heterocycles. The number of aliphatic hydroxyl groups is 1. The van der Waals surface area contributed by atoms with Gasteiger partial charge in [0.25, 0.3) is 0 Å². The predicted molar refractivity (Wildman–Crippen MR) is 105 cm³/mol. The van der Waals surface area contributed by atoms with Gasteiger partial charge in [0.15, 0.2) is 0 Å². The van der Waals surface area contributed by atoms with Gasteiger partial charge in [0.2, 0.25) is 0 Å². The smallest absolute Gasteiger partial charge is 0.463 e. The molecule has 0 saturated heterocycles. The number of aliphatic hydroxyl groups excluding tert-OH is 1. The third kappa shape index (κ3) is 21.7. The van der Waals surface area contributed by atoms with Crippen LogP contribution in [0.1, 0.15) is 96.8 Å². The quantitative estimate of drug-likeness (QED) is 0.163. The minimum atomic E-state index is -4.61. The van der Waals surface area contributed by atoms with Gasteiger partial charge in [-0.3, -0.25) is 9.32 Å². The molecule has 8 heteroatoms. The van der Waals surface area contributed by atoms with E-state index >= 15 is 0 Å². The first-order chi connectivity index (χ1) is 12.8. The molecule has 27 heavy (non-hydrogen) atoms. The molecule has 0 saturated carbocycles. The van der Waals surface area contributed by atoms with E-state index in [4.69, 9.17) is 14.5 Å². The average Bonchev–Trinajstić information content (AvgIpc) is 2.61. The maximum Gasteiger partial charge on any atom is 0.469 e. The molecule has 0 aliphatic heterocycles. The van der Waals surface area contributed by atoms with Crippen molar-refractivity contribution in [2.24, 2.45) is 0 Å². The molecule has 162 valence electrons. The van der Waals surface area contributed by atoms with Crippen LogP contribution in [0.2, 0.25) is 0 Å². The van der Waals surface area contributed by atoms with Crippen molar-refractivity contribution in [2.75, 3.05) is 13.2 Å². The van der Waals surface area contributed by atoms with Crippen LogP contribution < -0.4 is 0 Å². The maximum absolute atomic E-state index is 11.5. The highest BCUT2D eigenvalue weighted by atomic mass is 31.2. The van der Waals surface area contributed by atoms with E-state index in [-0.39, 0.29) is 6.61 Å². The predicted octanol–water partition coefficient (Wildman–Crippen LogP) is 4.48. The molecule has 3 N–H and O–H groups in total. The second-order valence-electron chi connectivity index (χ2n) is 7.12. The number of hydrogen-bond acceptors (Lipinski definition) is 5. The molecule has 0 aromatic carbocycles. The number of esters is 1. The number of hydrogen-bond donors (Lipinski definition) is 3. The highest BCUT2D eigenvalue weighted by Crippen LogP contribution is 2.35. The first kappa shape index (κ1) is 26.5. The highest BCUT2D eigenvalue weighted by molar-refractivity contribution is 7.46. The Labute approximate surface area is 164 Å². The van der Waals surface area contributed by atoms with Crippen LogP contribution in [0.3, 0.4) is 0 Å². The van der Waals surface area contributed by atoms with Crippen molar-refractivity contribution in [1.29, 1.82) is 0 Å². The van der Waals surface area contributed by atoms with Gasteiger partial charge in [0.1, 0.15) is 12.7 Å². The molecule has 0 aliphatic carbocycles. The van der Waals surface area contributed by atoms with E-state index in [9.17, 15) is 14.5 Å². The summed E-state index contributed by atoms with van der Waals surface area (Å²) in [5.41, 5.74) is 0. The van der Waals surface area contributed by atoms with Gasteiger partial charge in [-0.25, -0.2) is 4.57 Å². The molecule has 7 nitrogen and oxygen atoms in total. The van der Waals surface area contributed by atoms with Crippen LogP contribution in [0.25, 0.3) is 0 Å². The fourth-order valence-corrected chi connectivity index (χ4v) is 3.15. The number of carbonyl (C=O) groups excluding carboxylic acids is 1. The van der Waals surface area contributed by atoms with Gasteiger partial charge in [0, 0.05) is 6.42 Å². The van der Waals surface area contributed by atoms with Gasteiger partial charge >= 0.3 is 13.8 Å². The molecular weight excluding hydrogens is 371 g/mol. The van der Waals surface area contributed by atoms with Gasteiger partial charge in [-0.05, 0) is 6.42 Å². The van der Waals surface area contributed by atoms with Crippen molar-refractivity contribution < 1.29 is 33.5 Å². The lowest BCUT2D eigenvalue weighted by atomic mass is 10.0. The number of unbranched alkanes of at least 4 members (excludes halogenated alkanes) is 12. The summed E-state index contributed by atoms with van der Waals surface area (Å²) in [6.07, 6.45) is 15.1. The Hall–Kier alpha value is -0.460. The fourth-order valence-electron chi connectivity index (χ4n) is 2.78. The highest BCUT2D eigenvalue weighted by Gasteiger charge is 2.17. The summed E-state index contributed by atoms with van der Waals surface area (Å²) in [6.45, 7) is 1.34. The summed E-state index contributed by atoms with van der Waals surface area (Å²) >= 11 is 0. The zero-order valence-corrected chi connectivity index (χ0v) is 17.7. The van der Waals surface area contributed by atoms with Crippen molar-refractivity contribution in [3.05, 3.63) is 0 Å². The van der Waals surface area contributed by atoms with Crippen LogP contribution >= 0.6 is 7.82 Å². The Balaban J connectivity index is 3.33. The summed E-state index contributed by atoms with van der Waals surface area (Å²) in [4.78, 5) is 28.5. The van der Waals surface area contributed by atoms with Crippen molar-refractivity contribution in [3.63, 3.8) is 0 Å². The average molecular weight is 410 g/mol. The molecule has 0 spiro atoms. The first-order valence-corrected chi connectivity index (χ1v) is 11.9. The Morgan fingerprint density at radius 3 is 1.70 bits per heavy atom. The van der Waals surface area contributed by atoms with Crippen LogP contribution in [0.5, 0.6) is 0 Å². The molecule has 0 fully saturated rings. The van der Waals surface area contributed by atoms with E-state index in [1.807, 2.05) is 0 Å².